The SMILES string of the molecule is CCCCCCCCCCCCCCCCCCCCCCC(=O)OC(COC(=O)CCCCCCCCCCCC)COP(=O)(O)OCCN. The molecule has 9 nitrogen and oxygen atoms in total. The second-order valence-electron chi connectivity index (χ2n) is 14.6. The normalized spacial score (nSPS) is 13.3. The Balaban J connectivity index is 4.04. The number of nitrogens with two attached hydrogens (primary N) is 1. The molecule has 0 aliphatic carbocycles. The number of ether oxygens (including phenoxy) is 2. The van der Waals surface area contributed by atoms with E-state index in [4.69, 9.17) is 24.3 Å². The van der Waals surface area contributed by atoms with Gasteiger partial charge in [0.15, 0.2) is 6.10 Å². The van der Waals surface area contributed by atoms with E-state index in [1.807, 2.05) is 0 Å². The maximum atomic E-state index is 12.6. The van der Waals surface area contributed by atoms with Crippen LogP contribution in [0.5, 0.6) is 0 Å². The molecule has 304 valence electrons. The maximum Gasteiger partial charge on any atom is 0.472 e. The molecule has 0 aromatic rings. The van der Waals surface area contributed by atoms with Gasteiger partial charge in [-0.1, -0.05) is 194 Å². The van der Waals surface area contributed by atoms with Gasteiger partial charge in [-0.25, -0.2) is 4.57 Å². The monoisotopic (exact) mass is 748 g/mol. The molecule has 0 aliphatic heterocycles. The van der Waals surface area contributed by atoms with Crippen molar-refractivity contribution >= 4 is 19.8 Å². The van der Waals surface area contributed by atoms with E-state index >= 15 is 0 Å². The molecule has 0 spiro atoms. The van der Waals surface area contributed by atoms with Crippen molar-refractivity contribution in [2.24, 2.45) is 5.73 Å². The van der Waals surface area contributed by atoms with Gasteiger partial charge in [-0.3, -0.25) is 18.6 Å². The minimum Gasteiger partial charge on any atom is -0.462 e. The number of phosphoric ester groups is 1. The Morgan fingerprint density at radius 3 is 1.20 bits per heavy atom. The van der Waals surface area contributed by atoms with Crippen molar-refractivity contribution in [3.8, 4) is 0 Å². The topological polar surface area (TPSA) is 134 Å². The summed E-state index contributed by atoms with van der Waals surface area (Å²) >= 11 is 0. The summed E-state index contributed by atoms with van der Waals surface area (Å²) in [6.07, 6.45) is 37.1. The third-order valence-corrected chi connectivity index (χ3v) is 10.5. The number of unbranched alkanes of at least 4 members (excludes halogenated alkanes) is 28. The quantitative estimate of drug-likeness (QED) is 0.0356. The van der Waals surface area contributed by atoms with Crippen molar-refractivity contribution < 1.29 is 37.6 Å². The standard InChI is InChI=1S/C41H82NO8P/c1-3-5-7-9-11-13-15-16-17-18-19-20-21-22-23-24-26-28-30-32-34-41(44)50-39(38-49-51(45,46)48-36-35-42)37-47-40(43)33-31-29-27-25-14-12-10-8-6-4-2/h39H,3-38,42H2,1-2H3,(H,45,46). The van der Waals surface area contributed by atoms with E-state index in [0.29, 0.717) is 6.42 Å². The van der Waals surface area contributed by atoms with Crippen LogP contribution in [-0.2, 0) is 32.7 Å². The molecular formula is C41H82NO8P. The Bertz CT molecular complexity index is 815. The van der Waals surface area contributed by atoms with E-state index in [2.05, 4.69) is 13.8 Å². The molecule has 0 saturated carbocycles. The summed E-state index contributed by atoms with van der Waals surface area (Å²) in [5, 5.41) is 0. The van der Waals surface area contributed by atoms with Gasteiger partial charge in [0, 0.05) is 19.4 Å². The molecule has 0 aromatic carbocycles. The van der Waals surface area contributed by atoms with E-state index < -0.39 is 26.5 Å². The highest BCUT2D eigenvalue weighted by Gasteiger charge is 2.26. The van der Waals surface area contributed by atoms with Crippen molar-refractivity contribution in [1.29, 1.82) is 0 Å². The van der Waals surface area contributed by atoms with Crippen LogP contribution >= 0.6 is 7.82 Å². The van der Waals surface area contributed by atoms with Gasteiger partial charge in [-0.05, 0) is 12.8 Å². The first-order chi connectivity index (χ1) is 24.8. The Kier molecular flexibility index (Phi) is 38.0. The van der Waals surface area contributed by atoms with E-state index in [9.17, 15) is 19.0 Å². The number of phosphoric acid groups is 1. The van der Waals surface area contributed by atoms with Gasteiger partial charge in [0.05, 0.1) is 13.2 Å². The summed E-state index contributed by atoms with van der Waals surface area (Å²) in [5.41, 5.74) is 5.34. The number of carbonyl (C=O) groups is 2. The number of hydrogen-bond donors (Lipinski definition) is 2. The molecule has 2 unspecified atom stereocenters. The molecule has 0 saturated heterocycles. The molecule has 0 radical (unpaired) electrons. The van der Waals surface area contributed by atoms with Crippen LogP contribution in [0.25, 0.3) is 0 Å². The summed E-state index contributed by atoms with van der Waals surface area (Å²) in [4.78, 5) is 34.7. The van der Waals surface area contributed by atoms with E-state index in [1.54, 1.807) is 0 Å². The fourth-order valence-corrected chi connectivity index (χ4v) is 7.05. The van der Waals surface area contributed by atoms with E-state index in [0.717, 1.165) is 32.1 Å². The summed E-state index contributed by atoms with van der Waals surface area (Å²) in [5.74, 6) is -0.816. The Morgan fingerprint density at radius 2 is 0.843 bits per heavy atom. The third-order valence-electron chi connectivity index (χ3n) is 9.49. The van der Waals surface area contributed by atoms with Crippen LogP contribution in [0, 0.1) is 0 Å². The number of rotatable bonds is 41. The first kappa shape index (κ1) is 50.0. The molecule has 0 aromatic heterocycles. The van der Waals surface area contributed by atoms with Gasteiger partial charge in [-0.15, -0.1) is 0 Å². The van der Waals surface area contributed by atoms with Crippen LogP contribution in [-0.4, -0.2) is 49.3 Å². The lowest BCUT2D eigenvalue weighted by Crippen LogP contribution is -2.29. The molecule has 10 heteroatoms. The van der Waals surface area contributed by atoms with Gasteiger partial charge < -0.3 is 20.1 Å². The van der Waals surface area contributed by atoms with Crippen molar-refractivity contribution in [1.82, 2.24) is 0 Å². The van der Waals surface area contributed by atoms with E-state index in [-0.39, 0.29) is 38.6 Å². The van der Waals surface area contributed by atoms with Crippen molar-refractivity contribution in [3.05, 3.63) is 0 Å². The second kappa shape index (κ2) is 38.7. The fourth-order valence-electron chi connectivity index (χ4n) is 6.28. The van der Waals surface area contributed by atoms with Crippen LogP contribution in [0.1, 0.15) is 219 Å². The minimum atomic E-state index is -4.36. The molecule has 0 amide bonds. The molecule has 3 N–H and O–H groups in total. The van der Waals surface area contributed by atoms with Crippen LogP contribution in [0.4, 0.5) is 0 Å². The predicted octanol–water partition coefficient (Wildman–Crippen LogP) is 12.1. The van der Waals surface area contributed by atoms with Gasteiger partial charge in [0.1, 0.15) is 6.61 Å². The highest BCUT2D eigenvalue weighted by Crippen LogP contribution is 2.43. The molecule has 0 rings (SSSR count). The Hall–Kier alpha value is -0.990. The molecule has 0 bridgehead atoms. The lowest BCUT2D eigenvalue weighted by atomic mass is 10.0. The molecule has 0 fully saturated rings. The van der Waals surface area contributed by atoms with Gasteiger partial charge in [0.25, 0.3) is 0 Å². The van der Waals surface area contributed by atoms with Crippen LogP contribution in [0.2, 0.25) is 0 Å². The molecular weight excluding hydrogens is 665 g/mol. The molecule has 2 atom stereocenters. The van der Waals surface area contributed by atoms with Crippen molar-refractivity contribution in [2.45, 2.75) is 225 Å². The first-order valence-corrected chi connectivity index (χ1v) is 23.0. The molecule has 0 aliphatic rings. The summed E-state index contributed by atoms with van der Waals surface area (Å²) in [7, 11) is -4.36. The lowest BCUT2D eigenvalue weighted by molar-refractivity contribution is -0.161. The third kappa shape index (κ3) is 38.5. The number of carbonyl (C=O) groups excluding carboxylic acids is 2. The van der Waals surface area contributed by atoms with Crippen LogP contribution in [0.15, 0.2) is 0 Å². The van der Waals surface area contributed by atoms with Gasteiger partial charge in [0.2, 0.25) is 0 Å². The highest BCUT2D eigenvalue weighted by molar-refractivity contribution is 7.47. The smallest absolute Gasteiger partial charge is 0.462 e. The zero-order valence-corrected chi connectivity index (χ0v) is 34.3. The summed E-state index contributed by atoms with van der Waals surface area (Å²) in [6, 6.07) is 0. The number of esters is 2. The van der Waals surface area contributed by atoms with Crippen LogP contribution in [0.3, 0.4) is 0 Å². The molecule has 0 heterocycles. The maximum absolute atomic E-state index is 12.6. The zero-order chi connectivity index (χ0) is 37.5. The highest BCUT2D eigenvalue weighted by atomic mass is 31.2. The fraction of sp³-hybridized carbons (Fsp3) is 0.951. The molecule has 51 heavy (non-hydrogen) atoms. The summed E-state index contributed by atoms with van der Waals surface area (Å²) in [6.45, 7) is 3.75. The number of hydrogen-bond acceptors (Lipinski definition) is 8. The lowest BCUT2D eigenvalue weighted by Gasteiger charge is -2.19. The second-order valence-corrected chi connectivity index (χ2v) is 16.0. The summed E-state index contributed by atoms with van der Waals surface area (Å²) < 4.78 is 32.7. The average Bonchev–Trinajstić information content (AvgIpc) is 3.11. The largest absolute Gasteiger partial charge is 0.472 e. The van der Waals surface area contributed by atoms with Crippen molar-refractivity contribution in [3.63, 3.8) is 0 Å². The van der Waals surface area contributed by atoms with Crippen LogP contribution < -0.4 is 5.73 Å². The van der Waals surface area contributed by atoms with Gasteiger partial charge in [-0.2, -0.15) is 0 Å². The first-order valence-electron chi connectivity index (χ1n) is 21.5. The zero-order valence-electron chi connectivity index (χ0n) is 33.4. The van der Waals surface area contributed by atoms with E-state index in [1.165, 1.54) is 154 Å². The average molecular weight is 748 g/mol. The Labute approximate surface area is 314 Å². The van der Waals surface area contributed by atoms with Gasteiger partial charge >= 0.3 is 19.8 Å². The minimum absolute atomic E-state index is 0.0579. The predicted molar refractivity (Wildman–Crippen MR) is 211 cm³/mol. The van der Waals surface area contributed by atoms with Crippen molar-refractivity contribution in [2.75, 3.05) is 26.4 Å². The Morgan fingerprint density at radius 1 is 0.510 bits per heavy atom.